The summed E-state index contributed by atoms with van der Waals surface area (Å²) in [6.45, 7) is 2.41. The quantitative estimate of drug-likeness (QED) is 0.850. The van der Waals surface area contributed by atoms with Crippen LogP contribution < -0.4 is 10.2 Å². The van der Waals surface area contributed by atoms with Crippen molar-refractivity contribution in [1.29, 1.82) is 0 Å². The predicted octanol–water partition coefficient (Wildman–Crippen LogP) is 1.70. The van der Waals surface area contributed by atoms with Crippen LogP contribution in [-0.2, 0) is 4.79 Å². The third-order valence-corrected chi connectivity index (χ3v) is 4.40. The number of likely N-dealkylation sites (N-methyl/N-ethyl adjacent to an activating group) is 1. The first-order valence-corrected chi connectivity index (χ1v) is 7.01. The highest BCUT2D eigenvalue weighted by Crippen LogP contribution is 2.38. The van der Waals surface area contributed by atoms with Gasteiger partial charge < -0.3 is 15.1 Å². The first-order valence-electron chi connectivity index (χ1n) is 6.63. The zero-order chi connectivity index (χ0) is 13.5. The van der Waals surface area contributed by atoms with Crippen molar-refractivity contribution in [2.24, 2.45) is 0 Å². The lowest BCUT2D eigenvalue weighted by Crippen LogP contribution is -2.55. The molecule has 2 aliphatic rings. The summed E-state index contributed by atoms with van der Waals surface area (Å²) in [6.07, 6.45) is 1.70. The number of nitrogens with one attached hydrogen (secondary N) is 1. The molecule has 0 radical (unpaired) electrons. The summed E-state index contributed by atoms with van der Waals surface area (Å²) in [5.74, 6) is 0.231. The molecule has 1 amide bonds. The molecule has 4 nitrogen and oxygen atoms in total. The Morgan fingerprint density at radius 1 is 1.32 bits per heavy atom. The highest BCUT2D eigenvalue weighted by Gasteiger charge is 2.51. The van der Waals surface area contributed by atoms with Gasteiger partial charge >= 0.3 is 0 Å². The van der Waals surface area contributed by atoms with Crippen LogP contribution in [0.25, 0.3) is 0 Å². The second-order valence-electron chi connectivity index (χ2n) is 5.33. The fourth-order valence-electron chi connectivity index (χ4n) is 3.18. The van der Waals surface area contributed by atoms with Crippen LogP contribution in [0.5, 0.6) is 0 Å². The van der Waals surface area contributed by atoms with E-state index in [1.807, 2.05) is 36.2 Å². The third kappa shape index (κ3) is 1.99. The molecule has 0 bridgehead atoms. The van der Waals surface area contributed by atoms with Gasteiger partial charge in [0.05, 0.1) is 6.67 Å². The lowest BCUT2D eigenvalue weighted by Gasteiger charge is -2.40. The normalized spacial score (nSPS) is 22.3. The maximum absolute atomic E-state index is 12.6. The second kappa shape index (κ2) is 4.69. The molecule has 0 unspecified atom stereocenters. The Morgan fingerprint density at radius 3 is 2.74 bits per heavy atom. The average molecular weight is 280 g/mol. The molecule has 0 atom stereocenters. The first kappa shape index (κ1) is 12.8. The van der Waals surface area contributed by atoms with Gasteiger partial charge in [-0.05, 0) is 44.1 Å². The summed E-state index contributed by atoms with van der Waals surface area (Å²) >= 11 is 6.09. The fraction of sp³-hybridized carbons (Fsp3) is 0.500. The molecule has 2 fully saturated rings. The largest absolute Gasteiger partial charge is 0.339 e. The van der Waals surface area contributed by atoms with E-state index in [1.54, 1.807) is 0 Å². The molecule has 1 aromatic rings. The van der Waals surface area contributed by atoms with Crippen molar-refractivity contribution in [3.63, 3.8) is 0 Å². The van der Waals surface area contributed by atoms with Gasteiger partial charge in [0.1, 0.15) is 5.54 Å². The number of benzene rings is 1. The molecular weight excluding hydrogens is 262 g/mol. The third-order valence-electron chi connectivity index (χ3n) is 4.17. The van der Waals surface area contributed by atoms with Crippen LogP contribution in [0.4, 0.5) is 5.69 Å². The number of halogens is 1. The van der Waals surface area contributed by atoms with Crippen LogP contribution in [0.15, 0.2) is 24.3 Å². The van der Waals surface area contributed by atoms with E-state index < -0.39 is 0 Å². The van der Waals surface area contributed by atoms with E-state index in [0.717, 1.165) is 31.6 Å². The molecule has 2 saturated heterocycles. The van der Waals surface area contributed by atoms with Gasteiger partial charge in [-0.25, -0.2) is 0 Å². The van der Waals surface area contributed by atoms with E-state index in [0.29, 0.717) is 11.7 Å². The molecule has 0 aliphatic carbocycles. The van der Waals surface area contributed by atoms with Gasteiger partial charge in [0.25, 0.3) is 0 Å². The first-order chi connectivity index (χ1) is 9.13. The lowest BCUT2D eigenvalue weighted by molar-refractivity contribution is -0.131. The highest BCUT2D eigenvalue weighted by atomic mass is 35.5. The molecule has 5 heteroatoms. The molecule has 2 heterocycles. The number of carbonyl (C=O) groups is 1. The molecular formula is C14H18ClN3O. The van der Waals surface area contributed by atoms with Crippen LogP contribution in [0.2, 0.25) is 5.02 Å². The van der Waals surface area contributed by atoms with E-state index in [4.69, 9.17) is 11.6 Å². The molecule has 1 aromatic carbocycles. The number of piperidine rings is 1. The van der Waals surface area contributed by atoms with Gasteiger partial charge in [0.15, 0.2) is 0 Å². The minimum Gasteiger partial charge on any atom is -0.339 e. The molecule has 0 saturated carbocycles. The predicted molar refractivity (Wildman–Crippen MR) is 76.4 cm³/mol. The number of hydrogen-bond donors (Lipinski definition) is 1. The summed E-state index contributed by atoms with van der Waals surface area (Å²) < 4.78 is 0. The smallest absolute Gasteiger partial charge is 0.249 e. The molecule has 1 spiro atoms. The molecule has 3 rings (SSSR count). The van der Waals surface area contributed by atoms with Gasteiger partial charge in [-0.3, -0.25) is 4.79 Å². The van der Waals surface area contributed by atoms with E-state index >= 15 is 0 Å². The minimum atomic E-state index is -0.384. The van der Waals surface area contributed by atoms with Crippen molar-refractivity contribution >= 4 is 23.2 Å². The molecule has 102 valence electrons. The topological polar surface area (TPSA) is 35.6 Å². The Morgan fingerprint density at radius 2 is 2.05 bits per heavy atom. The van der Waals surface area contributed by atoms with Crippen LogP contribution in [-0.4, -0.2) is 43.2 Å². The fourth-order valence-corrected chi connectivity index (χ4v) is 3.36. The summed E-state index contributed by atoms with van der Waals surface area (Å²) in [4.78, 5) is 16.6. The SMILES string of the molecule is CN1CN(c2cccc(Cl)c2)C2(CCNCC2)C1=O. The Bertz CT molecular complexity index is 499. The molecule has 1 N–H and O–H groups in total. The number of nitrogens with zero attached hydrogens (tertiary/aromatic N) is 2. The maximum atomic E-state index is 12.6. The summed E-state index contributed by atoms with van der Waals surface area (Å²) in [6, 6.07) is 7.77. The van der Waals surface area contributed by atoms with E-state index in [9.17, 15) is 4.79 Å². The van der Waals surface area contributed by atoms with Crippen molar-refractivity contribution in [2.75, 3.05) is 31.7 Å². The van der Waals surface area contributed by atoms with Gasteiger partial charge in [-0.1, -0.05) is 17.7 Å². The minimum absolute atomic E-state index is 0.231. The van der Waals surface area contributed by atoms with Crippen molar-refractivity contribution in [3.8, 4) is 0 Å². The summed E-state index contributed by atoms with van der Waals surface area (Å²) in [7, 11) is 1.87. The summed E-state index contributed by atoms with van der Waals surface area (Å²) in [5, 5.41) is 4.04. The number of rotatable bonds is 1. The number of anilines is 1. The number of amides is 1. The number of carbonyl (C=O) groups excluding carboxylic acids is 1. The van der Waals surface area contributed by atoms with Gasteiger partial charge in [0, 0.05) is 17.8 Å². The standard InChI is InChI=1S/C14H18ClN3O/c1-17-10-18(12-4-2-3-11(15)9-12)14(13(17)19)5-7-16-8-6-14/h2-4,9,16H,5-8,10H2,1H3. The molecule has 0 aromatic heterocycles. The molecule has 19 heavy (non-hydrogen) atoms. The van der Waals surface area contributed by atoms with Crippen molar-refractivity contribution < 1.29 is 4.79 Å². The van der Waals surface area contributed by atoms with Crippen LogP contribution in [0.1, 0.15) is 12.8 Å². The maximum Gasteiger partial charge on any atom is 0.249 e. The van der Waals surface area contributed by atoms with Crippen molar-refractivity contribution in [2.45, 2.75) is 18.4 Å². The van der Waals surface area contributed by atoms with E-state index in [-0.39, 0.29) is 11.4 Å². The monoisotopic (exact) mass is 279 g/mol. The van der Waals surface area contributed by atoms with Crippen LogP contribution >= 0.6 is 11.6 Å². The van der Waals surface area contributed by atoms with Gasteiger partial charge in [-0.2, -0.15) is 0 Å². The van der Waals surface area contributed by atoms with Crippen LogP contribution in [0.3, 0.4) is 0 Å². The van der Waals surface area contributed by atoms with Crippen LogP contribution in [0, 0.1) is 0 Å². The van der Waals surface area contributed by atoms with Gasteiger partial charge in [0.2, 0.25) is 5.91 Å². The second-order valence-corrected chi connectivity index (χ2v) is 5.77. The van der Waals surface area contributed by atoms with Gasteiger partial charge in [-0.15, -0.1) is 0 Å². The van der Waals surface area contributed by atoms with Crippen molar-refractivity contribution in [3.05, 3.63) is 29.3 Å². The lowest BCUT2D eigenvalue weighted by atomic mass is 9.86. The van der Waals surface area contributed by atoms with E-state index in [2.05, 4.69) is 10.2 Å². The zero-order valence-corrected chi connectivity index (χ0v) is 11.8. The average Bonchev–Trinajstić information content (AvgIpc) is 2.65. The van der Waals surface area contributed by atoms with E-state index in [1.165, 1.54) is 0 Å². The highest BCUT2D eigenvalue weighted by molar-refractivity contribution is 6.30. The Kier molecular flexibility index (Phi) is 3.15. The Labute approximate surface area is 118 Å². The Balaban J connectivity index is 2.01. The Hall–Kier alpha value is -1.26. The zero-order valence-electron chi connectivity index (χ0n) is 11.0. The molecule has 2 aliphatic heterocycles. The number of hydrogen-bond acceptors (Lipinski definition) is 3. The summed E-state index contributed by atoms with van der Waals surface area (Å²) in [5.41, 5.74) is 0.650. The van der Waals surface area contributed by atoms with Crippen molar-refractivity contribution in [1.82, 2.24) is 10.2 Å².